The molecule has 4 atom stereocenters. The van der Waals surface area contributed by atoms with Gasteiger partial charge in [0.1, 0.15) is 0 Å². The van der Waals surface area contributed by atoms with Crippen LogP contribution in [-0.4, -0.2) is 0 Å². The van der Waals surface area contributed by atoms with Crippen LogP contribution in [0.5, 0.6) is 0 Å². The fraction of sp³-hybridized carbons (Fsp3) is 1.00. The van der Waals surface area contributed by atoms with Gasteiger partial charge in [0.15, 0.2) is 0 Å². The molecule has 0 aromatic rings. The van der Waals surface area contributed by atoms with Gasteiger partial charge in [0.05, 0.1) is 0 Å². The van der Waals surface area contributed by atoms with Crippen LogP contribution in [-0.2, 0) is 0 Å². The van der Waals surface area contributed by atoms with Crippen LogP contribution < -0.4 is 0 Å². The molecule has 90 valence electrons. The molecular weight excluding hydrogens is 180 g/mol. The summed E-state index contributed by atoms with van der Waals surface area (Å²) in [6.07, 6.45) is 8.53. The van der Waals surface area contributed by atoms with E-state index in [2.05, 4.69) is 34.6 Å². The molecule has 4 unspecified atom stereocenters. The van der Waals surface area contributed by atoms with Crippen molar-refractivity contribution in [3.63, 3.8) is 0 Å². The second kappa shape index (κ2) is 5.37. The van der Waals surface area contributed by atoms with Crippen LogP contribution in [0.1, 0.15) is 73.1 Å². The number of unbranched alkanes of at least 4 members (excludes halogenated alkanes) is 1. The summed E-state index contributed by atoms with van der Waals surface area (Å²) in [5.41, 5.74) is 0.681. The molecule has 0 bridgehead atoms. The van der Waals surface area contributed by atoms with Crippen molar-refractivity contribution in [1.29, 1.82) is 0 Å². The first kappa shape index (κ1) is 13.1. The Labute approximate surface area is 96.8 Å². The molecule has 0 aromatic heterocycles. The quantitative estimate of drug-likeness (QED) is 0.560. The monoisotopic (exact) mass is 210 g/mol. The van der Waals surface area contributed by atoms with Crippen LogP contribution in [0.2, 0.25) is 0 Å². The molecular formula is C15H30. The normalized spacial score (nSPS) is 37.4. The lowest BCUT2D eigenvalue weighted by molar-refractivity contribution is -0.0788. The van der Waals surface area contributed by atoms with Crippen molar-refractivity contribution in [1.82, 2.24) is 0 Å². The van der Waals surface area contributed by atoms with Crippen molar-refractivity contribution in [2.24, 2.45) is 23.2 Å². The molecule has 15 heavy (non-hydrogen) atoms. The summed E-state index contributed by atoms with van der Waals surface area (Å²) in [7, 11) is 0. The van der Waals surface area contributed by atoms with Gasteiger partial charge in [-0.3, -0.25) is 0 Å². The highest BCUT2D eigenvalue weighted by Gasteiger charge is 2.50. The number of hydrogen-bond donors (Lipinski definition) is 0. The largest absolute Gasteiger partial charge is 0.0654 e. The molecule has 0 aromatic carbocycles. The standard InChI is InChI=1S/C15H30/c1-6-9-10-15(5)13(8-3)11-14(15)12(4)7-2/h12-14H,6-11H2,1-5H3. The van der Waals surface area contributed by atoms with E-state index in [1.807, 2.05) is 0 Å². The number of rotatable bonds is 6. The van der Waals surface area contributed by atoms with E-state index in [1.165, 1.54) is 38.5 Å². The Morgan fingerprint density at radius 1 is 1.27 bits per heavy atom. The van der Waals surface area contributed by atoms with Gasteiger partial charge in [-0.15, -0.1) is 0 Å². The third-order valence-electron chi connectivity index (χ3n) is 5.21. The minimum Gasteiger partial charge on any atom is -0.0654 e. The van der Waals surface area contributed by atoms with Crippen LogP contribution in [0.4, 0.5) is 0 Å². The molecule has 1 aliphatic carbocycles. The molecule has 0 radical (unpaired) electrons. The van der Waals surface area contributed by atoms with E-state index in [-0.39, 0.29) is 0 Å². The van der Waals surface area contributed by atoms with Gasteiger partial charge in [0.2, 0.25) is 0 Å². The Kier molecular flexibility index (Phi) is 4.67. The van der Waals surface area contributed by atoms with Crippen LogP contribution in [0.15, 0.2) is 0 Å². The van der Waals surface area contributed by atoms with E-state index in [1.54, 1.807) is 0 Å². The minimum atomic E-state index is 0.681. The van der Waals surface area contributed by atoms with E-state index in [9.17, 15) is 0 Å². The maximum Gasteiger partial charge on any atom is -0.0267 e. The maximum absolute atomic E-state index is 2.57. The van der Waals surface area contributed by atoms with E-state index < -0.39 is 0 Å². The molecule has 0 heterocycles. The molecule has 1 saturated carbocycles. The van der Waals surface area contributed by atoms with Gasteiger partial charge in [0, 0.05) is 0 Å². The highest BCUT2D eigenvalue weighted by Crippen LogP contribution is 2.59. The van der Waals surface area contributed by atoms with Crippen LogP contribution in [0.25, 0.3) is 0 Å². The van der Waals surface area contributed by atoms with E-state index in [0.717, 1.165) is 17.8 Å². The van der Waals surface area contributed by atoms with E-state index >= 15 is 0 Å². The summed E-state index contributed by atoms with van der Waals surface area (Å²) in [6, 6.07) is 0. The first-order chi connectivity index (χ1) is 7.10. The summed E-state index contributed by atoms with van der Waals surface area (Å²) >= 11 is 0. The molecule has 0 nitrogen and oxygen atoms in total. The zero-order chi connectivity index (χ0) is 11.5. The third-order valence-corrected chi connectivity index (χ3v) is 5.21. The molecule has 0 saturated heterocycles. The molecule has 0 spiro atoms. The second-order valence-electron chi connectivity index (χ2n) is 5.94. The van der Waals surface area contributed by atoms with Gasteiger partial charge >= 0.3 is 0 Å². The predicted molar refractivity (Wildman–Crippen MR) is 69.0 cm³/mol. The highest BCUT2D eigenvalue weighted by atomic mass is 14.6. The Morgan fingerprint density at radius 3 is 2.40 bits per heavy atom. The van der Waals surface area contributed by atoms with Gasteiger partial charge < -0.3 is 0 Å². The average molecular weight is 210 g/mol. The van der Waals surface area contributed by atoms with Crippen molar-refractivity contribution >= 4 is 0 Å². The van der Waals surface area contributed by atoms with Crippen LogP contribution in [0, 0.1) is 23.2 Å². The van der Waals surface area contributed by atoms with Crippen molar-refractivity contribution in [2.75, 3.05) is 0 Å². The lowest BCUT2D eigenvalue weighted by Crippen LogP contribution is -2.49. The van der Waals surface area contributed by atoms with E-state index in [4.69, 9.17) is 0 Å². The first-order valence-corrected chi connectivity index (χ1v) is 7.10. The molecule has 0 aliphatic heterocycles. The Bertz CT molecular complexity index is 184. The molecule has 1 aliphatic rings. The average Bonchev–Trinajstić information content (AvgIpc) is 2.24. The Hall–Kier alpha value is 0. The van der Waals surface area contributed by atoms with Crippen LogP contribution in [0.3, 0.4) is 0 Å². The lowest BCUT2D eigenvalue weighted by Gasteiger charge is -2.57. The van der Waals surface area contributed by atoms with Crippen LogP contribution >= 0.6 is 0 Å². The maximum atomic E-state index is 2.57. The second-order valence-corrected chi connectivity index (χ2v) is 5.94. The SMILES string of the molecule is CCCCC1(C)C(CC)CC1C(C)CC. The zero-order valence-electron chi connectivity index (χ0n) is 11.5. The minimum absolute atomic E-state index is 0.681. The summed E-state index contributed by atoms with van der Waals surface area (Å²) < 4.78 is 0. The Morgan fingerprint density at radius 2 is 1.93 bits per heavy atom. The highest BCUT2D eigenvalue weighted by molar-refractivity contribution is 5.00. The third kappa shape index (κ3) is 2.40. The van der Waals surface area contributed by atoms with Crippen molar-refractivity contribution < 1.29 is 0 Å². The van der Waals surface area contributed by atoms with Gasteiger partial charge in [-0.1, -0.05) is 60.3 Å². The molecule has 0 N–H and O–H groups in total. The molecule has 0 amide bonds. The van der Waals surface area contributed by atoms with Crippen molar-refractivity contribution in [2.45, 2.75) is 73.1 Å². The van der Waals surface area contributed by atoms with Crippen molar-refractivity contribution in [3.8, 4) is 0 Å². The summed E-state index contributed by atoms with van der Waals surface area (Å²) in [6.45, 7) is 12.1. The summed E-state index contributed by atoms with van der Waals surface area (Å²) in [5.74, 6) is 2.97. The van der Waals surface area contributed by atoms with Gasteiger partial charge in [0.25, 0.3) is 0 Å². The number of hydrogen-bond acceptors (Lipinski definition) is 0. The fourth-order valence-corrected chi connectivity index (χ4v) is 3.73. The lowest BCUT2D eigenvalue weighted by atomic mass is 9.48. The van der Waals surface area contributed by atoms with Crippen molar-refractivity contribution in [3.05, 3.63) is 0 Å². The molecule has 1 fully saturated rings. The summed E-state index contributed by atoms with van der Waals surface area (Å²) in [5, 5.41) is 0. The predicted octanol–water partition coefficient (Wildman–Crippen LogP) is 5.28. The van der Waals surface area contributed by atoms with Gasteiger partial charge in [-0.25, -0.2) is 0 Å². The zero-order valence-corrected chi connectivity index (χ0v) is 11.5. The Balaban J connectivity index is 2.60. The van der Waals surface area contributed by atoms with Gasteiger partial charge in [-0.05, 0) is 36.0 Å². The molecule has 0 heteroatoms. The smallest absolute Gasteiger partial charge is 0.0267 e. The fourth-order valence-electron chi connectivity index (χ4n) is 3.73. The molecule has 1 rings (SSSR count). The topological polar surface area (TPSA) is 0 Å². The van der Waals surface area contributed by atoms with E-state index in [0.29, 0.717) is 5.41 Å². The van der Waals surface area contributed by atoms with Gasteiger partial charge in [-0.2, -0.15) is 0 Å². The first-order valence-electron chi connectivity index (χ1n) is 7.10. The summed E-state index contributed by atoms with van der Waals surface area (Å²) in [4.78, 5) is 0.